The molecule has 2 heterocycles. The number of carbonyl (C=O) groups excluding carboxylic acids is 2. The van der Waals surface area contributed by atoms with Crippen LogP contribution < -0.4 is 10.9 Å². The predicted molar refractivity (Wildman–Crippen MR) is 111 cm³/mol. The van der Waals surface area contributed by atoms with Crippen molar-refractivity contribution in [2.75, 3.05) is 5.32 Å². The Labute approximate surface area is 171 Å². The molecule has 1 saturated carbocycles. The quantitative estimate of drug-likeness (QED) is 0.621. The van der Waals surface area contributed by atoms with E-state index >= 15 is 0 Å². The zero-order valence-corrected chi connectivity index (χ0v) is 17.2. The van der Waals surface area contributed by atoms with Crippen LogP contribution in [0.25, 0.3) is 10.9 Å². The summed E-state index contributed by atoms with van der Waals surface area (Å²) in [7, 11) is 0. The molecule has 8 heteroatoms. The first kappa shape index (κ1) is 19.3. The molecule has 3 aromatic rings. The number of nitrogens with zero attached hydrogens (tertiary/aromatic N) is 1. The number of carbonyl (C=O) groups is 2. The van der Waals surface area contributed by atoms with Crippen molar-refractivity contribution in [3.8, 4) is 0 Å². The van der Waals surface area contributed by atoms with Gasteiger partial charge >= 0.3 is 5.97 Å². The van der Waals surface area contributed by atoms with Gasteiger partial charge in [-0.2, -0.15) is 0 Å². The fourth-order valence-electron chi connectivity index (χ4n) is 3.09. The number of hydrogen-bond donors (Lipinski definition) is 2. The Balaban J connectivity index is 1.59. The van der Waals surface area contributed by atoms with Crippen LogP contribution in [-0.4, -0.2) is 21.8 Å². The number of benzene rings is 1. The third-order valence-corrected chi connectivity index (χ3v) is 6.20. The van der Waals surface area contributed by atoms with Gasteiger partial charge in [0.1, 0.15) is 5.00 Å². The first-order valence-electron chi connectivity index (χ1n) is 9.46. The van der Waals surface area contributed by atoms with E-state index in [9.17, 15) is 14.4 Å². The van der Waals surface area contributed by atoms with E-state index in [0.29, 0.717) is 21.5 Å². The summed E-state index contributed by atoms with van der Waals surface area (Å²) in [6.45, 7) is 5.38. The molecule has 0 bridgehead atoms. The fourth-order valence-corrected chi connectivity index (χ4v) is 4.14. The summed E-state index contributed by atoms with van der Waals surface area (Å²) in [5, 5.41) is 3.85. The topological polar surface area (TPSA) is 101 Å². The van der Waals surface area contributed by atoms with E-state index in [0.717, 1.165) is 23.3 Å². The lowest BCUT2D eigenvalue weighted by molar-refractivity contribution is -0.117. The van der Waals surface area contributed by atoms with Crippen molar-refractivity contribution in [2.45, 2.75) is 39.7 Å². The van der Waals surface area contributed by atoms with Gasteiger partial charge in [0.25, 0.3) is 5.56 Å². The van der Waals surface area contributed by atoms with Gasteiger partial charge in [-0.3, -0.25) is 9.59 Å². The molecule has 4 rings (SSSR count). The SMILES string of the molecule is Cc1sc(NC(=O)C2CC2)c(C(=O)O[C@@H](C)c2nc3ccccc3c(=O)[nH]2)c1C. The Morgan fingerprint density at radius 3 is 2.72 bits per heavy atom. The molecule has 2 N–H and O–H groups in total. The number of ether oxygens (including phenoxy) is 1. The first-order valence-corrected chi connectivity index (χ1v) is 10.3. The van der Waals surface area contributed by atoms with Crippen LogP contribution in [0.5, 0.6) is 0 Å². The number of aryl methyl sites for hydroxylation is 1. The number of aromatic amines is 1. The van der Waals surface area contributed by atoms with Crippen LogP contribution in [0, 0.1) is 19.8 Å². The van der Waals surface area contributed by atoms with E-state index < -0.39 is 12.1 Å². The molecule has 1 aliphatic rings. The molecule has 0 saturated heterocycles. The van der Waals surface area contributed by atoms with Gasteiger partial charge in [-0.1, -0.05) is 12.1 Å². The summed E-state index contributed by atoms with van der Waals surface area (Å²) in [6, 6.07) is 6.98. The average molecular weight is 411 g/mol. The fraction of sp³-hybridized carbons (Fsp3) is 0.333. The second-order valence-electron chi connectivity index (χ2n) is 7.27. The molecule has 1 aromatic carbocycles. The molecular formula is C21H21N3O4S. The summed E-state index contributed by atoms with van der Waals surface area (Å²) in [6.07, 6.45) is 1.01. The maximum atomic E-state index is 12.9. The molecule has 7 nitrogen and oxygen atoms in total. The van der Waals surface area contributed by atoms with Crippen molar-refractivity contribution < 1.29 is 14.3 Å². The molecule has 1 atom stereocenters. The van der Waals surface area contributed by atoms with Crippen LogP contribution in [0.3, 0.4) is 0 Å². The van der Waals surface area contributed by atoms with Gasteiger partial charge in [-0.25, -0.2) is 9.78 Å². The Morgan fingerprint density at radius 2 is 2.00 bits per heavy atom. The van der Waals surface area contributed by atoms with E-state index in [-0.39, 0.29) is 23.2 Å². The lowest BCUT2D eigenvalue weighted by atomic mass is 10.1. The Bertz CT molecular complexity index is 1180. The normalized spacial score (nSPS) is 14.6. The molecule has 150 valence electrons. The van der Waals surface area contributed by atoms with Crippen molar-refractivity contribution in [3.05, 3.63) is 56.4 Å². The number of thiophene rings is 1. The van der Waals surface area contributed by atoms with E-state index in [1.165, 1.54) is 11.3 Å². The van der Waals surface area contributed by atoms with Crippen molar-refractivity contribution in [1.82, 2.24) is 9.97 Å². The van der Waals surface area contributed by atoms with Crippen molar-refractivity contribution in [1.29, 1.82) is 0 Å². The van der Waals surface area contributed by atoms with Crippen molar-refractivity contribution >= 4 is 39.1 Å². The summed E-state index contributed by atoms with van der Waals surface area (Å²) in [5.41, 5.74) is 1.39. The third kappa shape index (κ3) is 3.80. The average Bonchev–Trinajstić information content (AvgIpc) is 3.49. The molecule has 1 amide bonds. The second-order valence-corrected chi connectivity index (χ2v) is 8.49. The molecule has 1 aliphatic carbocycles. The molecular weight excluding hydrogens is 390 g/mol. The minimum Gasteiger partial charge on any atom is -0.451 e. The summed E-state index contributed by atoms with van der Waals surface area (Å²) in [4.78, 5) is 45.4. The van der Waals surface area contributed by atoms with Gasteiger partial charge in [0.05, 0.1) is 16.5 Å². The Kier molecular flexibility index (Phi) is 4.96. The Morgan fingerprint density at radius 1 is 1.28 bits per heavy atom. The van der Waals surface area contributed by atoms with Gasteiger partial charge in [0.2, 0.25) is 5.91 Å². The first-order chi connectivity index (χ1) is 13.8. The van der Waals surface area contributed by atoms with E-state index in [1.54, 1.807) is 31.2 Å². The summed E-state index contributed by atoms with van der Waals surface area (Å²) in [5.74, 6) is -0.308. The minimum absolute atomic E-state index is 0.0346. The highest BCUT2D eigenvalue weighted by atomic mass is 32.1. The van der Waals surface area contributed by atoms with E-state index in [1.807, 2.05) is 13.8 Å². The number of para-hydroxylation sites is 1. The summed E-state index contributed by atoms with van der Waals surface area (Å²) < 4.78 is 5.60. The highest BCUT2D eigenvalue weighted by Crippen LogP contribution is 2.36. The van der Waals surface area contributed by atoms with Gasteiger partial charge < -0.3 is 15.0 Å². The molecule has 1 fully saturated rings. The molecule has 29 heavy (non-hydrogen) atoms. The van der Waals surface area contributed by atoms with Crippen LogP contribution >= 0.6 is 11.3 Å². The number of anilines is 1. The van der Waals surface area contributed by atoms with E-state index in [2.05, 4.69) is 15.3 Å². The number of H-pyrrole nitrogens is 1. The van der Waals surface area contributed by atoms with Crippen molar-refractivity contribution in [3.63, 3.8) is 0 Å². The second kappa shape index (κ2) is 7.44. The minimum atomic E-state index is -0.758. The zero-order valence-electron chi connectivity index (χ0n) is 16.4. The van der Waals surface area contributed by atoms with Gasteiger partial charge in [0, 0.05) is 10.8 Å². The lowest BCUT2D eigenvalue weighted by Gasteiger charge is -2.14. The molecule has 0 unspecified atom stereocenters. The van der Waals surface area contributed by atoms with Gasteiger partial charge in [-0.15, -0.1) is 11.3 Å². The standard InChI is InChI=1S/C21H21N3O4S/c1-10-12(3)29-20(24-18(25)13-8-9-13)16(10)21(27)28-11(2)17-22-15-7-5-4-6-14(15)19(26)23-17/h4-7,11,13H,8-9H2,1-3H3,(H,24,25)(H,22,23,26)/t11-/m0/s1. The Hall–Kier alpha value is -3.00. The third-order valence-electron chi connectivity index (χ3n) is 5.07. The maximum Gasteiger partial charge on any atom is 0.342 e. The number of rotatable bonds is 5. The summed E-state index contributed by atoms with van der Waals surface area (Å²) >= 11 is 1.36. The van der Waals surface area contributed by atoms with Crippen LogP contribution in [0.15, 0.2) is 29.1 Å². The highest BCUT2D eigenvalue weighted by Gasteiger charge is 2.32. The van der Waals surface area contributed by atoms with Gasteiger partial charge in [0.15, 0.2) is 11.9 Å². The van der Waals surface area contributed by atoms with Crippen LogP contribution in [-0.2, 0) is 9.53 Å². The monoisotopic (exact) mass is 411 g/mol. The highest BCUT2D eigenvalue weighted by molar-refractivity contribution is 7.16. The van der Waals surface area contributed by atoms with Crippen LogP contribution in [0.2, 0.25) is 0 Å². The molecule has 0 aliphatic heterocycles. The number of nitrogens with one attached hydrogen (secondary N) is 2. The number of fused-ring (bicyclic) bond motifs is 1. The number of aromatic nitrogens is 2. The number of esters is 1. The largest absolute Gasteiger partial charge is 0.451 e. The smallest absolute Gasteiger partial charge is 0.342 e. The van der Waals surface area contributed by atoms with Crippen LogP contribution in [0.4, 0.5) is 5.00 Å². The maximum absolute atomic E-state index is 12.9. The molecule has 2 aromatic heterocycles. The lowest BCUT2D eigenvalue weighted by Crippen LogP contribution is -2.19. The molecule has 0 spiro atoms. The van der Waals surface area contributed by atoms with E-state index in [4.69, 9.17) is 4.74 Å². The van der Waals surface area contributed by atoms with Gasteiger partial charge in [-0.05, 0) is 51.3 Å². The zero-order chi connectivity index (χ0) is 20.7. The molecule has 0 radical (unpaired) electrons. The number of hydrogen-bond acceptors (Lipinski definition) is 6. The van der Waals surface area contributed by atoms with Crippen LogP contribution in [0.1, 0.15) is 52.5 Å². The van der Waals surface area contributed by atoms with Crippen molar-refractivity contribution in [2.24, 2.45) is 5.92 Å². The number of amides is 1. The predicted octanol–water partition coefficient (Wildman–Crippen LogP) is 3.87.